The second-order valence-electron chi connectivity index (χ2n) is 2.83. The van der Waals surface area contributed by atoms with Crippen molar-refractivity contribution in [3.05, 3.63) is 24.3 Å². The lowest BCUT2D eigenvalue weighted by molar-refractivity contribution is 0.184. The van der Waals surface area contributed by atoms with Crippen LogP contribution in [0.15, 0.2) is 24.3 Å². The fraction of sp³-hybridized carbons (Fsp3) is 0.556. The molecule has 0 heterocycles. The molecule has 0 amide bonds. The van der Waals surface area contributed by atoms with Crippen molar-refractivity contribution in [2.45, 2.75) is 26.9 Å². The summed E-state index contributed by atoms with van der Waals surface area (Å²) in [5, 5.41) is 9.34. The summed E-state index contributed by atoms with van der Waals surface area (Å²) in [6, 6.07) is 0. The fourth-order valence-electron chi connectivity index (χ4n) is 0.633. The van der Waals surface area contributed by atoms with Crippen molar-refractivity contribution >= 4 is 0 Å². The molecule has 0 saturated heterocycles. The van der Waals surface area contributed by atoms with Crippen LogP contribution in [0.5, 0.6) is 0 Å². The molecule has 0 radical (unpaired) electrons. The van der Waals surface area contributed by atoms with Crippen LogP contribution in [0.4, 0.5) is 0 Å². The van der Waals surface area contributed by atoms with E-state index in [4.69, 9.17) is 0 Å². The van der Waals surface area contributed by atoms with Crippen LogP contribution in [-0.2, 0) is 0 Å². The first-order valence-corrected chi connectivity index (χ1v) is 3.53. The van der Waals surface area contributed by atoms with Gasteiger partial charge in [-0.2, -0.15) is 0 Å². The SMILES string of the molecule is C=C[C@H](C)[C@H](O)C=C(C)C. The Kier molecular flexibility index (Phi) is 4.05. The van der Waals surface area contributed by atoms with E-state index in [9.17, 15) is 5.11 Å². The lowest BCUT2D eigenvalue weighted by Gasteiger charge is -2.10. The number of allylic oxidation sites excluding steroid dienone is 1. The molecule has 0 spiro atoms. The van der Waals surface area contributed by atoms with Crippen molar-refractivity contribution in [3.63, 3.8) is 0 Å². The molecule has 58 valence electrons. The number of aliphatic hydroxyl groups is 1. The van der Waals surface area contributed by atoms with Gasteiger partial charge in [0.25, 0.3) is 0 Å². The van der Waals surface area contributed by atoms with Gasteiger partial charge in [0.15, 0.2) is 0 Å². The first kappa shape index (κ1) is 9.44. The van der Waals surface area contributed by atoms with Crippen LogP contribution in [0.25, 0.3) is 0 Å². The number of rotatable bonds is 3. The van der Waals surface area contributed by atoms with Gasteiger partial charge in [-0.15, -0.1) is 6.58 Å². The van der Waals surface area contributed by atoms with E-state index < -0.39 is 0 Å². The maximum atomic E-state index is 9.34. The van der Waals surface area contributed by atoms with Crippen LogP contribution in [-0.4, -0.2) is 11.2 Å². The minimum Gasteiger partial charge on any atom is -0.388 e. The third kappa shape index (κ3) is 3.46. The molecule has 0 saturated carbocycles. The second-order valence-corrected chi connectivity index (χ2v) is 2.83. The van der Waals surface area contributed by atoms with Crippen molar-refractivity contribution in [1.82, 2.24) is 0 Å². The molecule has 2 atom stereocenters. The largest absolute Gasteiger partial charge is 0.388 e. The molecule has 0 aromatic carbocycles. The predicted octanol–water partition coefficient (Wildman–Crippen LogP) is 2.14. The van der Waals surface area contributed by atoms with E-state index in [0.29, 0.717) is 0 Å². The molecule has 0 aliphatic rings. The minimum absolute atomic E-state index is 0.148. The number of aliphatic hydroxyl groups excluding tert-OH is 1. The number of hydrogen-bond acceptors (Lipinski definition) is 1. The maximum Gasteiger partial charge on any atom is 0.0783 e. The van der Waals surface area contributed by atoms with E-state index in [1.54, 1.807) is 6.08 Å². The summed E-state index contributed by atoms with van der Waals surface area (Å²) >= 11 is 0. The van der Waals surface area contributed by atoms with Crippen molar-refractivity contribution in [1.29, 1.82) is 0 Å². The standard InChI is InChI=1S/C9H16O/c1-5-8(4)9(10)6-7(2)3/h5-6,8-10H,1H2,2-4H3/t8-,9+/m0/s1. The van der Waals surface area contributed by atoms with Crippen LogP contribution in [0.2, 0.25) is 0 Å². The van der Waals surface area contributed by atoms with Crippen molar-refractivity contribution in [3.8, 4) is 0 Å². The molecular weight excluding hydrogens is 124 g/mol. The lowest BCUT2D eigenvalue weighted by Crippen LogP contribution is -2.12. The van der Waals surface area contributed by atoms with E-state index in [2.05, 4.69) is 6.58 Å². The fourth-order valence-corrected chi connectivity index (χ4v) is 0.633. The summed E-state index contributed by atoms with van der Waals surface area (Å²) in [4.78, 5) is 0. The van der Waals surface area contributed by atoms with Gasteiger partial charge in [-0.1, -0.05) is 24.6 Å². The Hall–Kier alpha value is -0.560. The third-order valence-corrected chi connectivity index (χ3v) is 1.41. The summed E-state index contributed by atoms with van der Waals surface area (Å²) in [5.74, 6) is 0.148. The van der Waals surface area contributed by atoms with Gasteiger partial charge in [-0.3, -0.25) is 0 Å². The molecule has 0 aromatic rings. The Morgan fingerprint density at radius 3 is 2.30 bits per heavy atom. The Morgan fingerprint density at radius 2 is 2.00 bits per heavy atom. The molecule has 0 bridgehead atoms. The molecule has 0 fully saturated rings. The molecular formula is C9H16O. The zero-order valence-corrected chi connectivity index (χ0v) is 6.96. The molecule has 0 aliphatic heterocycles. The topological polar surface area (TPSA) is 20.2 Å². The number of hydrogen-bond donors (Lipinski definition) is 1. The average molecular weight is 140 g/mol. The zero-order valence-electron chi connectivity index (χ0n) is 6.96. The van der Waals surface area contributed by atoms with Crippen LogP contribution < -0.4 is 0 Å². The van der Waals surface area contributed by atoms with Gasteiger partial charge in [0, 0.05) is 5.92 Å². The smallest absolute Gasteiger partial charge is 0.0783 e. The normalized spacial score (nSPS) is 15.6. The Morgan fingerprint density at radius 1 is 1.50 bits per heavy atom. The lowest BCUT2D eigenvalue weighted by atomic mass is 10.0. The van der Waals surface area contributed by atoms with E-state index in [-0.39, 0.29) is 12.0 Å². The molecule has 0 rings (SSSR count). The molecule has 0 aliphatic carbocycles. The van der Waals surface area contributed by atoms with Crippen molar-refractivity contribution < 1.29 is 5.11 Å². The van der Waals surface area contributed by atoms with Crippen molar-refractivity contribution in [2.24, 2.45) is 5.92 Å². The van der Waals surface area contributed by atoms with Crippen LogP contribution in [0, 0.1) is 5.92 Å². The van der Waals surface area contributed by atoms with Gasteiger partial charge in [0.05, 0.1) is 6.10 Å². The van der Waals surface area contributed by atoms with Gasteiger partial charge in [-0.05, 0) is 13.8 Å². The maximum absolute atomic E-state index is 9.34. The van der Waals surface area contributed by atoms with E-state index in [0.717, 1.165) is 5.57 Å². The Bertz CT molecular complexity index is 132. The summed E-state index contributed by atoms with van der Waals surface area (Å²) in [5.41, 5.74) is 1.14. The Balaban J connectivity index is 3.95. The van der Waals surface area contributed by atoms with Gasteiger partial charge >= 0.3 is 0 Å². The molecule has 0 unspecified atom stereocenters. The summed E-state index contributed by atoms with van der Waals surface area (Å²) < 4.78 is 0. The highest BCUT2D eigenvalue weighted by molar-refractivity contribution is 5.01. The zero-order chi connectivity index (χ0) is 8.15. The highest BCUT2D eigenvalue weighted by atomic mass is 16.3. The second kappa shape index (κ2) is 4.29. The van der Waals surface area contributed by atoms with E-state index in [1.165, 1.54) is 0 Å². The van der Waals surface area contributed by atoms with Crippen LogP contribution in [0.3, 0.4) is 0 Å². The molecule has 0 aromatic heterocycles. The minimum atomic E-state index is -0.373. The molecule has 10 heavy (non-hydrogen) atoms. The quantitative estimate of drug-likeness (QED) is 0.595. The van der Waals surface area contributed by atoms with Gasteiger partial charge in [0.2, 0.25) is 0 Å². The average Bonchev–Trinajstić information content (AvgIpc) is 1.85. The molecule has 1 N–H and O–H groups in total. The van der Waals surface area contributed by atoms with Gasteiger partial charge < -0.3 is 5.11 Å². The summed E-state index contributed by atoms with van der Waals surface area (Å²) in [7, 11) is 0. The Labute approximate surface area is 63.1 Å². The molecule has 1 heteroatoms. The predicted molar refractivity (Wildman–Crippen MR) is 44.8 cm³/mol. The summed E-state index contributed by atoms with van der Waals surface area (Å²) in [6.45, 7) is 9.48. The first-order valence-electron chi connectivity index (χ1n) is 3.53. The van der Waals surface area contributed by atoms with Crippen LogP contribution >= 0.6 is 0 Å². The summed E-state index contributed by atoms with van der Waals surface area (Å²) in [6.07, 6.45) is 3.22. The monoisotopic (exact) mass is 140 g/mol. The molecule has 1 nitrogen and oxygen atoms in total. The highest BCUT2D eigenvalue weighted by Crippen LogP contribution is 2.06. The van der Waals surface area contributed by atoms with E-state index >= 15 is 0 Å². The van der Waals surface area contributed by atoms with Gasteiger partial charge in [0.1, 0.15) is 0 Å². The van der Waals surface area contributed by atoms with Gasteiger partial charge in [-0.25, -0.2) is 0 Å². The van der Waals surface area contributed by atoms with E-state index in [1.807, 2.05) is 26.8 Å². The third-order valence-electron chi connectivity index (χ3n) is 1.41. The van der Waals surface area contributed by atoms with Crippen molar-refractivity contribution in [2.75, 3.05) is 0 Å². The van der Waals surface area contributed by atoms with Crippen LogP contribution in [0.1, 0.15) is 20.8 Å². The highest BCUT2D eigenvalue weighted by Gasteiger charge is 2.05. The first-order chi connectivity index (χ1) is 4.57.